The van der Waals surface area contributed by atoms with E-state index in [4.69, 9.17) is 4.74 Å². The van der Waals surface area contributed by atoms with Gasteiger partial charge in [-0.3, -0.25) is 0 Å². The van der Waals surface area contributed by atoms with Gasteiger partial charge in [-0.25, -0.2) is 4.98 Å². The average Bonchev–Trinajstić information content (AvgIpc) is 3.12. The van der Waals surface area contributed by atoms with Crippen LogP contribution in [0.3, 0.4) is 0 Å². The van der Waals surface area contributed by atoms with Gasteiger partial charge in [-0.15, -0.1) is 0 Å². The van der Waals surface area contributed by atoms with E-state index >= 15 is 0 Å². The first-order valence-electron chi connectivity index (χ1n) is 9.28. The smallest absolute Gasteiger partial charge is 0.138 e. The second kappa shape index (κ2) is 8.25. The summed E-state index contributed by atoms with van der Waals surface area (Å²) in [6, 6.07) is 20.1. The molecule has 4 aromatic rings. The molecule has 0 aliphatic heterocycles. The highest BCUT2D eigenvalue weighted by Gasteiger charge is 2.14. The lowest BCUT2D eigenvalue weighted by Crippen LogP contribution is -2.13. The molecule has 0 aliphatic rings. The normalized spacial score (nSPS) is 11.1. The lowest BCUT2D eigenvalue weighted by Gasteiger charge is -2.09. The minimum absolute atomic E-state index is 0.0273. The summed E-state index contributed by atoms with van der Waals surface area (Å²) in [7, 11) is 1.67. The third kappa shape index (κ3) is 3.76. The number of benzene rings is 2. The van der Waals surface area contributed by atoms with Gasteiger partial charge in [0.2, 0.25) is 0 Å². The molecule has 0 atom stereocenters. The molecule has 0 saturated carbocycles. The largest absolute Gasteiger partial charge is 0.497 e. The van der Waals surface area contributed by atoms with Gasteiger partial charge in [-0.2, -0.15) is 0 Å². The van der Waals surface area contributed by atoms with E-state index in [9.17, 15) is 5.11 Å². The number of ether oxygens (including phenoxy) is 1. The minimum Gasteiger partial charge on any atom is -0.497 e. The topological polar surface area (TPSA) is 70.2 Å². The number of hydrogen-bond acceptors (Lipinski definition) is 4. The summed E-state index contributed by atoms with van der Waals surface area (Å²) in [6.07, 6.45) is 1.79. The van der Waals surface area contributed by atoms with Gasteiger partial charge in [0.1, 0.15) is 11.4 Å². The van der Waals surface area contributed by atoms with Crippen LogP contribution in [0.15, 0.2) is 66.9 Å². The first-order valence-corrected chi connectivity index (χ1v) is 9.28. The Kier molecular flexibility index (Phi) is 5.37. The van der Waals surface area contributed by atoms with E-state index in [2.05, 4.69) is 39.6 Å². The molecular weight excluding hydrogens is 350 g/mol. The van der Waals surface area contributed by atoms with Crippen LogP contribution in [-0.2, 0) is 19.7 Å². The van der Waals surface area contributed by atoms with Gasteiger partial charge < -0.3 is 20.1 Å². The van der Waals surface area contributed by atoms with Crippen LogP contribution in [0.5, 0.6) is 5.75 Å². The van der Waals surface area contributed by atoms with Crippen LogP contribution in [-0.4, -0.2) is 22.2 Å². The molecule has 0 fully saturated rings. The molecule has 0 saturated heterocycles. The Morgan fingerprint density at radius 2 is 1.86 bits per heavy atom. The maximum absolute atomic E-state index is 9.51. The Morgan fingerprint density at radius 3 is 2.64 bits per heavy atom. The van der Waals surface area contributed by atoms with Crippen molar-refractivity contribution in [2.24, 2.45) is 0 Å². The molecule has 0 spiro atoms. The Balaban J connectivity index is 1.60. The molecule has 2 aromatic carbocycles. The van der Waals surface area contributed by atoms with E-state index in [1.807, 2.05) is 36.4 Å². The quantitative estimate of drug-likeness (QED) is 0.458. The van der Waals surface area contributed by atoms with E-state index in [-0.39, 0.29) is 6.61 Å². The first kappa shape index (κ1) is 18.2. The maximum Gasteiger partial charge on any atom is 0.138 e. The number of hydrogen-bond donors (Lipinski definition) is 3. The van der Waals surface area contributed by atoms with Crippen molar-refractivity contribution in [1.29, 1.82) is 0 Å². The number of aromatic nitrogens is 2. The Labute approximate surface area is 164 Å². The highest BCUT2D eigenvalue weighted by molar-refractivity contribution is 5.95. The van der Waals surface area contributed by atoms with Crippen molar-refractivity contribution in [1.82, 2.24) is 15.3 Å². The van der Waals surface area contributed by atoms with Gasteiger partial charge in [-0.05, 0) is 47.0 Å². The highest BCUT2D eigenvalue weighted by Crippen LogP contribution is 2.32. The molecule has 0 aliphatic carbocycles. The minimum atomic E-state index is 0.0273. The van der Waals surface area contributed by atoms with Crippen LogP contribution in [0.4, 0.5) is 0 Å². The van der Waals surface area contributed by atoms with Crippen molar-refractivity contribution < 1.29 is 9.84 Å². The monoisotopic (exact) mass is 373 g/mol. The lowest BCUT2D eigenvalue weighted by atomic mass is 10.0. The third-order valence-corrected chi connectivity index (χ3v) is 4.84. The number of nitrogens with one attached hydrogen (secondary N) is 2. The zero-order valence-corrected chi connectivity index (χ0v) is 15.8. The van der Waals surface area contributed by atoms with Crippen molar-refractivity contribution in [3.05, 3.63) is 83.7 Å². The summed E-state index contributed by atoms with van der Waals surface area (Å²) in [6.45, 7) is 1.46. The van der Waals surface area contributed by atoms with Gasteiger partial charge in [-0.1, -0.05) is 30.3 Å². The SMILES string of the molecule is COc1ccc(CNCc2[nH]c3ncccc3c2-c2cccc(CO)c2)cc1. The summed E-state index contributed by atoms with van der Waals surface area (Å²) < 4.78 is 5.21. The highest BCUT2D eigenvalue weighted by atomic mass is 16.5. The molecule has 5 heteroatoms. The molecule has 142 valence electrons. The molecule has 4 rings (SSSR count). The maximum atomic E-state index is 9.51. The number of aromatic amines is 1. The molecular formula is C23H23N3O2. The van der Waals surface area contributed by atoms with Gasteiger partial charge in [0.15, 0.2) is 0 Å². The van der Waals surface area contributed by atoms with E-state index in [1.165, 1.54) is 5.56 Å². The Bertz CT molecular complexity index is 1070. The Morgan fingerprint density at radius 1 is 1.00 bits per heavy atom. The number of aliphatic hydroxyl groups excluding tert-OH is 1. The molecule has 3 N–H and O–H groups in total. The summed E-state index contributed by atoms with van der Waals surface area (Å²) in [5.41, 5.74) is 6.24. The second-order valence-electron chi connectivity index (χ2n) is 6.69. The molecule has 28 heavy (non-hydrogen) atoms. The lowest BCUT2D eigenvalue weighted by molar-refractivity contribution is 0.282. The fourth-order valence-corrected chi connectivity index (χ4v) is 3.44. The third-order valence-electron chi connectivity index (χ3n) is 4.84. The predicted molar refractivity (Wildman–Crippen MR) is 111 cm³/mol. The zero-order chi connectivity index (χ0) is 19.3. The van der Waals surface area contributed by atoms with E-state index in [0.29, 0.717) is 6.54 Å². The summed E-state index contributed by atoms with van der Waals surface area (Å²) in [5.74, 6) is 0.858. The van der Waals surface area contributed by atoms with Crippen LogP contribution < -0.4 is 10.1 Å². The molecule has 0 unspecified atom stereocenters. The summed E-state index contributed by atoms with van der Waals surface area (Å²) >= 11 is 0. The van der Waals surface area contributed by atoms with Crippen molar-refractivity contribution in [2.75, 3.05) is 7.11 Å². The number of aliphatic hydroxyl groups is 1. The second-order valence-corrected chi connectivity index (χ2v) is 6.69. The standard InChI is InChI=1S/C23H23N3O2/c1-28-19-9-7-16(8-10-19)13-24-14-21-22(18-5-2-4-17(12-18)15-27)20-6-3-11-25-23(20)26-21/h2-12,24,27H,13-15H2,1H3,(H,25,26). The van der Waals surface area contributed by atoms with Crippen molar-refractivity contribution in [3.8, 4) is 16.9 Å². The van der Waals surface area contributed by atoms with Gasteiger partial charge >= 0.3 is 0 Å². The number of pyridine rings is 1. The van der Waals surface area contributed by atoms with Crippen LogP contribution >= 0.6 is 0 Å². The average molecular weight is 373 g/mol. The van der Waals surface area contributed by atoms with Crippen LogP contribution in [0.25, 0.3) is 22.2 Å². The molecule has 0 radical (unpaired) electrons. The summed E-state index contributed by atoms with van der Waals surface area (Å²) in [5, 5.41) is 14.1. The molecule has 5 nitrogen and oxygen atoms in total. The first-order chi connectivity index (χ1) is 13.8. The van der Waals surface area contributed by atoms with Crippen molar-refractivity contribution in [2.45, 2.75) is 19.7 Å². The van der Waals surface area contributed by atoms with Gasteiger partial charge in [0.25, 0.3) is 0 Å². The molecule has 2 heterocycles. The van der Waals surface area contributed by atoms with Gasteiger partial charge in [0.05, 0.1) is 13.7 Å². The van der Waals surface area contributed by atoms with Crippen LogP contribution in [0.2, 0.25) is 0 Å². The number of nitrogens with zero attached hydrogens (tertiary/aromatic N) is 1. The number of H-pyrrole nitrogens is 1. The molecule has 0 amide bonds. The number of rotatable bonds is 7. The fraction of sp³-hybridized carbons (Fsp3) is 0.174. The zero-order valence-electron chi connectivity index (χ0n) is 15.8. The van der Waals surface area contributed by atoms with E-state index < -0.39 is 0 Å². The predicted octanol–water partition coefficient (Wildman–Crippen LogP) is 4.02. The van der Waals surface area contributed by atoms with E-state index in [1.54, 1.807) is 13.3 Å². The number of fused-ring (bicyclic) bond motifs is 1. The fourth-order valence-electron chi connectivity index (χ4n) is 3.44. The Hall–Kier alpha value is -3.15. The van der Waals surface area contributed by atoms with Crippen LogP contribution in [0, 0.1) is 0 Å². The van der Waals surface area contributed by atoms with Gasteiger partial charge in [0, 0.05) is 35.9 Å². The molecule has 0 bridgehead atoms. The summed E-state index contributed by atoms with van der Waals surface area (Å²) in [4.78, 5) is 7.92. The van der Waals surface area contributed by atoms with E-state index in [0.717, 1.165) is 45.7 Å². The van der Waals surface area contributed by atoms with Crippen molar-refractivity contribution in [3.63, 3.8) is 0 Å². The van der Waals surface area contributed by atoms with Crippen molar-refractivity contribution >= 4 is 11.0 Å². The van der Waals surface area contributed by atoms with Crippen LogP contribution in [0.1, 0.15) is 16.8 Å². The molecule has 2 aromatic heterocycles. The number of methoxy groups -OCH3 is 1.